The lowest BCUT2D eigenvalue weighted by atomic mass is 10.0. The van der Waals surface area contributed by atoms with E-state index in [2.05, 4.69) is 15.9 Å². The van der Waals surface area contributed by atoms with Gasteiger partial charge >= 0.3 is 5.97 Å². The number of carbonyl (C=O) groups excluding carboxylic acids is 1. The highest BCUT2D eigenvalue weighted by Gasteiger charge is 2.25. The maximum absolute atomic E-state index is 11.8. The Morgan fingerprint density at radius 2 is 1.72 bits per heavy atom. The molecule has 18 heavy (non-hydrogen) atoms. The van der Waals surface area contributed by atoms with E-state index in [-0.39, 0.29) is 5.97 Å². The molecular weight excluding hydrogens is 292 g/mol. The highest BCUT2D eigenvalue weighted by Crippen LogP contribution is 2.34. The van der Waals surface area contributed by atoms with E-state index >= 15 is 0 Å². The predicted molar refractivity (Wildman–Crippen MR) is 74.1 cm³/mol. The summed E-state index contributed by atoms with van der Waals surface area (Å²) in [4.78, 5) is 11.8. The molecule has 2 nitrogen and oxygen atoms in total. The molecule has 88 valence electrons. The van der Waals surface area contributed by atoms with Crippen LogP contribution >= 0.6 is 15.9 Å². The van der Waals surface area contributed by atoms with Gasteiger partial charge in [-0.15, -0.1) is 0 Å². The van der Waals surface area contributed by atoms with Crippen LogP contribution in [-0.4, -0.2) is 5.97 Å². The average Bonchev–Trinajstić information content (AvgIpc) is 2.69. The van der Waals surface area contributed by atoms with Gasteiger partial charge in [0.05, 0.1) is 5.57 Å². The summed E-state index contributed by atoms with van der Waals surface area (Å²) in [5.41, 5.74) is 2.43. The lowest BCUT2D eigenvalue weighted by Gasteiger charge is -1.97. The number of rotatable bonds is 1. The van der Waals surface area contributed by atoms with Gasteiger partial charge in [-0.05, 0) is 29.8 Å². The summed E-state index contributed by atoms with van der Waals surface area (Å²) in [5.74, 6) is 0.338. The summed E-state index contributed by atoms with van der Waals surface area (Å²) in [6.07, 6.45) is 1.85. The first-order valence-corrected chi connectivity index (χ1v) is 6.32. The smallest absolute Gasteiger partial charge is 0.344 e. The molecule has 1 aliphatic rings. The Bertz CT molecular complexity index is 642. The van der Waals surface area contributed by atoms with Crippen molar-refractivity contribution in [2.45, 2.75) is 0 Å². The monoisotopic (exact) mass is 300 g/mol. The maximum atomic E-state index is 11.8. The first-order valence-electron chi connectivity index (χ1n) is 5.53. The molecule has 0 spiro atoms. The zero-order chi connectivity index (χ0) is 12.5. The van der Waals surface area contributed by atoms with Crippen molar-refractivity contribution in [1.82, 2.24) is 0 Å². The second kappa shape index (κ2) is 4.42. The van der Waals surface area contributed by atoms with Crippen LogP contribution in [0, 0.1) is 0 Å². The van der Waals surface area contributed by atoms with Gasteiger partial charge in [-0.2, -0.15) is 0 Å². The minimum atomic E-state index is -0.292. The summed E-state index contributed by atoms with van der Waals surface area (Å²) in [6, 6.07) is 15.2. The van der Waals surface area contributed by atoms with Crippen molar-refractivity contribution in [3.63, 3.8) is 0 Å². The van der Waals surface area contributed by atoms with Crippen molar-refractivity contribution in [3.05, 3.63) is 64.1 Å². The largest absolute Gasteiger partial charge is 0.422 e. The van der Waals surface area contributed by atoms with Crippen molar-refractivity contribution in [1.29, 1.82) is 0 Å². The number of halogens is 1. The van der Waals surface area contributed by atoms with Crippen molar-refractivity contribution in [2.24, 2.45) is 0 Å². The number of ether oxygens (including phenoxy) is 1. The van der Waals surface area contributed by atoms with Crippen LogP contribution in [0.15, 0.2) is 53.0 Å². The third-order valence-electron chi connectivity index (χ3n) is 2.78. The van der Waals surface area contributed by atoms with Crippen molar-refractivity contribution < 1.29 is 9.53 Å². The minimum Gasteiger partial charge on any atom is -0.422 e. The van der Waals surface area contributed by atoms with Crippen LogP contribution in [0.25, 0.3) is 11.6 Å². The topological polar surface area (TPSA) is 26.3 Å². The summed E-state index contributed by atoms with van der Waals surface area (Å²) >= 11 is 3.38. The van der Waals surface area contributed by atoms with E-state index < -0.39 is 0 Å². The number of benzene rings is 2. The lowest BCUT2D eigenvalue weighted by molar-refractivity contribution is -0.126. The van der Waals surface area contributed by atoms with Crippen LogP contribution in [-0.2, 0) is 4.79 Å². The first kappa shape index (κ1) is 11.2. The van der Waals surface area contributed by atoms with Gasteiger partial charge in [0, 0.05) is 10.0 Å². The molecule has 0 saturated carbocycles. The molecule has 3 heteroatoms. The van der Waals surface area contributed by atoms with Gasteiger partial charge in [0.1, 0.15) is 5.75 Å². The average molecular weight is 301 g/mol. The quantitative estimate of drug-likeness (QED) is 0.453. The molecular formula is C15H9BrO2. The van der Waals surface area contributed by atoms with Crippen molar-refractivity contribution >= 4 is 33.5 Å². The molecule has 0 unspecified atom stereocenters. The van der Waals surface area contributed by atoms with Crippen LogP contribution in [0.1, 0.15) is 11.1 Å². The van der Waals surface area contributed by atoms with E-state index in [1.807, 2.05) is 48.5 Å². The molecule has 0 saturated heterocycles. The van der Waals surface area contributed by atoms with Crippen LogP contribution < -0.4 is 4.74 Å². The Morgan fingerprint density at radius 1 is 1.00 bits per heavy atom. The fourth-order valence-electron chi connectivity index (χ4n) is 1.91. The standard InChI is InChI=1S/C15H9BrO2/c16-11-7-5-10(6-8-11)9-13-12-3-1-2-4-14(12)18-15(13)17/h1-9H/b13-9+. The van der Waals surface area contributed by atoms with E-state index in [1.165, 1.54) is 0 Å². The van der Waals surface area contributed by atoms with E-state index in [0.29, 0.717) is 11.3 Å². The van der Waals surface area contributed by atoms with Gasteiger partial charge in [-0.25, -0.2) is 4.79 Å². The third kappa shape index (κ3) is 1.97. The number of carbonyl (C=O) groups is 1. The third-order valence-corrected chi connectivity index (χ3v) is 3.31. The molecule has 0 aromatic heterocycles. The van der Waals surface area contributed by atoms with E-state index in [0.717, 1.165) is 15.6 Å². The molecule has 2 aromatic carbocycles. The van der Waals surface area contributed by atoms with Crippen LogP contribution in [0.2, 0.25) is 0 Å². The summed E-state index contributed by atoms with van der Waals surface area (Å²) < 4.78 is 6.21. The number of fused-ring (bicyclic) bond motifs is 1. The van der Waals surface area contributed by atoms with Gasteiger partial charge in [0.15, 0.2) is 0 Å². The predicted octanol–water partition coefficient (Wildman–Crippen LogP) is 3.91. The molecule has 0 radical (unpaired) electrons. The minimum absolute atomic E-state index is 0.292. The number of para-hydroxylation sites is 1. The van der Waals surface area contributed by atoms with Gasteiger partial charge in [-0.1, -0.05) is 46.3 Å². The maximum Gasteiger partial charge on any atom is 0.344 e. The van der Waals surface area contributed by atoms with E-state index in [9.17, 15) is 4.79 Å². The van der Waals surface area contributed by atoms with Gasteiger partial charge in [0.25, 0.3) is 0 Å². The Morgan fingerprint density at radius 3 is 2.50 bits per heavy atom. The molecule has 0 atom stereocenters. The van der Waals surface area contributed by atoms with Crippen molar-refractivity contribution in [3.8, 4) is 5.75 Å². The fraction of sp³-hybridized carbons (Fsp3) is 0. The molecule has 0 bridgehead atoms. The highest BCUT2D eigenvalue weighted by atomic mass is 79.9. The van der Waals surface area contributed by atoms with E-state index in [1.54, 1.807) is 6.07 Å². The van der Waals surface area contributed by atoms with Crippen molar-refractivity contribution in [2.75, 3.05) is 0 Å². The first-order chi connectivity index (χ1) is 8.74. The van der Waals surface area contributed by atoms with Crippen LogP contribution in [0.3, 0.4) is 0 Å². The Labute approximate surface area is 113 Å². The van der Waals surface area contributed by atoms with Gasteiger partial charge in [-0.3, -0.25) is 0 Å². The van der Waals surface area contributed by atoms with E-state index in [4.69, 9.17) is 4.74 Å². The molecule has 1 heterocycles. The number of hydrogen-bond acceptors (Lipinski definition) is 2. The normalized spacial score (nSPS) is 15.6. The second-order valence-electron chi connectivity index (χ2n) is 4.00. The Balaban J connectivity index is 2.07. The zero-order valence-electron chi connectivity index (χ0n) is 9.39. The van der Waals surface area contributed by atoms with Gasteiger partial charge < -0.3 is 4.74 Å². The van der Waals surface area contributed by atoms with Crippen LogP contribution in [0.5, 0.6) is 5.75 Å². The second-order valence-corrected chi connectivity index (χ2v) is 4.91. The SMILES string of the molecule is O=C1Oc2ccccc2/C1=C\c1ccc(Br)cc1. The summed E-state index contributed by atoms with van der Waals surface area (Å²) in [5, 5.41) is 0. The molecule has 0 aliphatic carbocycles. The summed E-state index contributed by atoms with van der Waals surface area (Å²) in [6.45, 7) is 0. The zero-order valence-corrected chi connectivity index (χ0v) is 11.0. The number of hydrogen-bond donors (Lipinski definition) is 0. The fourth-order valence-corrected chi connectivity index (χ4v) is 2.17. The molecule has 1 aliphatic heterocycles. The Hall–Kier alpha value is -1.87. The molecule has 2 aromatic rings. The molecule has 0 fully saturated rings. The molecule has 0 amide bonds. The molecule has 0 N–H and O–H groups in total. The van der Waals surface area contributed by atoms with Crippen LogP contribution in [0.4, 0.5) is 0 Å². The summed E-state index contributed by atoms with van der Waals surface area (Å²) in [7, 11) is 0. The molecule has 3 rings (SSSR count). The highest BCUT2D eigenvalue weighted by molar-refractivity contribution is 9.10. The lowest BCUT2D eigenvalue weighted by Crippen LogP contribution is -2.00. The number of esters is 1. The van der Waals surface area contributed by atoms with Gasteiger partial charge in [0.2, 0.25) is 0 Å². The Kier molecular flexibility index (Phi) is 2.76.